The molecule has 1 aliphatic rings. The van der Waals surface area contributed by atoms with Crippen LogP contribution in [-0.4, -0.2) is 34.4 Å². The minimum atomic E-state index is 0.102. The van der Waals surface area contributed by atoms with Gasteiger partial charge in [-0.3, -0.25) is 4.79 Å². The van der Waals surface area contributed by atoms with E-state index in [1.54, 1.807) is 6.07 Å². The fourth-order valence-electron chi connectivity index (χ4n) is 2.18. The van der Waals surface area contributed by atoms with Crippen LogP contribution < -0.4 is 5.73 Å². The Hall–Kier alpha value is -1.16. The molecule has 1 aromatic carbocycles. The van der Waals surface area contributed by atoms with Crippen LogP contribution in [0.3, 0.4) is 0 Å². The first-order valence-electron chi connectivity index (χ1n) is 6.68. The minimum absolute atomic E-state index is 0.102. The van der Waals surface area contributed by atoms with Gasteiger partial charge in [0.25, 0.3) is 5.91 Å². The molecule has 1 amide bonds. The van der Waals surface area contributed by atoms with Crippen molar-refractivity contribution in [3.8, 4) is 0 Å². The molecule has 1 fully saturated rings. The summed E-state index contributed by atoms with van der Waals surface area (Å²) in [5.74, 6) is 1.10. The highest BCUT2D eigenvalue weighted by molar-refractivity contribution is 8.00. The summed E-state index contributed by atoms with van der Waals surface area (Å²) in [4.78, 5) is 14.4. The molecule has 1 saturated heterocycles. The first kappa shape index (κ1) is 14.3. The van der Waals surface area contributed by atoms with Gasteiger partial charge in [0.2, 0.25) is 0 Å². The lowest BCUT2D eigenvalue weighted by Gasteiger charge is -2.23. The van der Waals surface area contributed by atoms with Gasteiger partial charge in [-0.15, -0.1) is 0 Å². The van der Waals surface area contributed by atoms with E-state index in [0.29, 0.717) is 11.3 Å². The number of aryl methyl sites for hydroxylation is 1. The number of carbonyl (C=O) groups excluding carboxylic acids is 1. The Morgan fingerprint density at radius 3 is 2.79 bits per heavy atom. The second kappa shape index (κ2) is 5.45. The van der Waals surface area contributed by atoms with Crippen LogP contribution in [0.5, 0.6) is 0 Å². The molecular weight excluding hydrogens is 256 g/mol. The van der Waals surface area contributed by atoms with Crippen molar-refractivity contribution in [1.82, 2.24) is 4.90 Å². The second-order valence-electron chi connectivity index (χ2n) is 5.72. The van der Waals surface area contributed by atoms with Crippen molar-refractivity contribution in [3.63, 3.8) is 0 Å². The van der Waals surface area contributed by atoms with Crippen LogP contribution in [0.2, 0.25) is 0 Å². The summed E-state index contributed by atoms with van der Waals surface area (Å²) >= 11 is 1.94. The summed E-state index contributed by atoms with van der Waals surface area (Å²) in [5.41, 5.74) is 8.30. The van der Waals surface area contributed by atoms with Crippen LogP contribution in [0.25, 0.3) is 0 Å². The number of nitrogens with zero attached hydrogens (tertiary/aromatic N) is 1. The van der Waals surface area contributed by atoms with Gasteiger partial charge in [0.15, 0.2) is 0 Å². The predicted octanol–water partition coefficient (Wildman–Crippen LogP) is 2.93. The SMILES string of the molecule is Cc1ccc(C(=O)N2CCSC(C)(C)CC2)cc1N. The summed E-state index contributed by atoms with van der Waals surface area (Å²) in [6.45, 7) is 8.09. The van der Waals surface area contributed by atoms with Crippen molar-refractivity contribution in [2.24, 2.45) is 0 Å². The van der Waals surface area contributed by atoms with Crippen LogP contribution in [0.15, 0.2) is 18.2 Å². The number of amides is 1. The molecular formula is C15H22N2OS. The molecule has 0 unspecified atom stereocenters. The van der Waals surface area contributed by atoms with E-state index in [4.69, 9.17) is 5.73 Å². The fourth-order valence-corrected chi connectivity index (χ4v) is 3.28. The van der Waals surface area contributed by atoms with Crippen molar-refractivity contribution < 1.29 is 4.79 Å². The molecule has 0 atom stereocenters. The highest BCUT2D eigenvalue weighted by Gasteiger charge is 2.26. The Labute approximate surface area is 119 Å². The number of hydrogen-bond donors (Lipinski definition) is 1. The lowest BCUT2D eigenvalue weighted by molar-refractivity contribution is 0.0764. The van der Waals surface area contributed by atoms with E-state index in [1.807, 2.05) is 35.7 Å². The van der Waals surface area contributed by atoms with E-state index < -0.39 is 0 Å². The third-order valence-corrected chi connectivity index (χ3v) is 5.02. The van der Waals surface area contributed by atoms with Crippen LogP contribution >= 0.6 is 11.8 Å². The van der Waals surface area contributed by atoms with Crippen molar-refractivity contribution >= 4 is 23.4 Å². The van der Waals surface area contributed by atoms with E-state index in [-0.39, 0.29) is 10.7 Å². The molecule has 19 heavy (non-hydrogen) atoms. The van der Waals surface area contributed by atoms with Crippen LogP contribution in [-0.2, 0) is 0 Å². The van der Waals surface area contributed by atoms with Gasteiger partial charge in [0, 0.05) is 34.8 Å². The molecule has 1 aromatic rings. The van der Waals surface area contributed by atoms with Crippen LogP contribution in [0, 0.1) is 6.92 Å². The van der Waals surface area contributed by atoms with Gasteiger partial charge in [0.05, 0.1) is 0 Å². The monoisotopic (exact) mass is 278 g/mol. The van der Waals surface area contributed by atoms with Gasteiger partial charge in [-0.05, 0) is 31.0 Å². The maximum absolute atomic E-state index is 12.5. The molecule has 2 rings (SSSR count). The number of rotatable bonds is 1. The number of benzene rings is 1. The van der Waals surface area contributed by atoms with E-state index in [2.05, 4.69) is 13.8 Å². The zero-order valence-electron chi connectivity index (χ0n) is 11.9. The topological polar surface area (TPSA) is 46.3 Å². The maximum Gasteiger partial charge on any atom is 0.253 e. The van der Waals surface area contributed by atoms with Crippen molar-refractivity contribution in [2.75, 3.05) is 24.6 Å². The lowest BCUT2D eigenvalue weighted by Crippen LogP contribution is -2.33. The average molecular weight is 278 g/mol. The van der Waals surface area contributed by atoms with Crippen LogP contribution in [0.4, 0.5) is 5.69 Å². The summed E-state index contributed by atoms with van der Waals surface area (Å²) < 4.78 is 0.265. The zero-order valence-corrected chi connectivity index (χ0v) is 12.7. The van der Waals surface area contributed by atoms with Gasteiger partial charge < -0.3 is 10.6 Å². The molecule has 0 bridgehead atoms. The third-order valence-electron chi connectivity index (χ3n) is 3.65. The first-order valence-corrected chi connectivity index (χ1v) is 7.67. The largest absolute Gasteiger partial charge is 0.398 e. The molecule has 1 heterocycles. The molecule has 1 aliphatic heterocycles. The highest BCUT2D eigenvalue weighted by Crippen LogP contribution is 2.31. The Morgan fingerprint density at radius 1 is 1.37 bits per heavy atom. The normalized spacial score (nSPS) is 19.0. The predicted molar refractivity (Wildman–Crippen MR) is 82.6 cm³/mol. The number of thioether (sulfide) groups is 1. The Bertz CT molecular complexity index is 485. The van der Waals surface area contributed by atoms with Gasteiger partial charge in [-0.2, -0.15) is 11.8 Å². The standard InChI is InChI=1S/C15H22N2OS/c1-11-4-5-12(10-13(11)16)14(18)17-7-6-15(2,3)19-9-8-17/h4-5,10H,6-9,16H2,1-3H3. The number of nitrogen functional groups attached to an aromatic ring is 1. The summed E-state index contributed by atoms with van der Waals surface area (Å²) in [6.07, 6.45) is 1.03. The Morgan fingerprint density at radius 2 is 2.11 bits per heavy atom. The first-order chi connectivity index (χ1) is 8.89. The molecule has 0 spiro atoms. The van der Waals surface area contributed by atoms with Gasteiger partial charge in [-0.1, -0.05) is 19.9 Å². The molecule has 0 aromatic heterocycles. The summed E-state index contributed by atoms with van der Waals surface area (Å²) in [7, 11) is 0. The minimum Gasteiger partial charge on any atom is -0.398 e. The zero-order chi connectivity index (χ0) is 14.0. The van der Waals surface area contributed by atoms with Gasteiger partial charge in [0.1, 0.15) is 0 Å². The quantitative estimate of drug-likeness (QED) is 0.803. The lowest BCUT2D eigenvalue weighted by atomic mass is 10.1. The number of anilines is 1. The van der Waals surface area contributed by atoms with E-state index in [9.17, 15) is 4.79 Å². The Balaban J connectivity index is 2.13. The molecule has 0 saturated carbocycles. The van der Waals surface area contributed by atoms with E-state index in [1.165, 1.54) is 0 Å². The third kappa shape index (κ3) is 3.44. The molecule has 104 valence electrons. The Kier molecular flexibility index (Phi) is 4.09. The summed E-state index contributed by atoms with van der Waals surface area (Å²) in [5, 5.41) is 0. The van der Waals surface area contributed by atoms with Gasteiger partial charge >= 0.3 is 0 Å². The van der Waals surface area contributed by atoms with Gasteiger partial charge in [-0.25, -0.2) is 0 Å². The van der Waals surface area contributed by atoms with Crippen molar-refractivity contribution in [1.29, 1.82) is 0 Å². The maximum atomic E-state index is 12.5. The van der Waals surface area contributed by atoms with Crippen molar-refractivity contribution in [2.45, 2.75) is 31.9 Å². The van der Waals surface area contributed by atoms with Crippen LogP contribution in [0.1, 0.15) is 36.2 Å². The van der Waals surface area contributed by atoms with E-state index in [0.717, 1.165) is 30.8 Å². The number of carbonyl (C=O) groups is 1. The molecule has 3 nitrogen and oxygen atoms in total. The fraction of sp³-hybridized carbons (Fsp3) is 0.533. The molecule has 2 N–H and O–H groups in total. The van der Waals surface area contributed by atoms with E-state index >= 15 is 0 Å². The second-order valence-corrected chi connectivity index (χ2v) is 7.52. The van der Waals surface area contributed by atoms with Crippen molar-refractivity contribution in [3.05, 3.63) is 29.3 Å². The average Bonchev–Trinajstić information content (AvgIpc) is 2.53. The molecule has 4 heteroatoms. The molecule has 0 radical (unpaired) electrons. The molecule has 0 aliphatic carbocycles. The highest BCUT2D eigenvalue weighted by atomic mass is 32.2. The summed E-state index contributed by atoms with van der Waals surface area (Å²) in [6, 6.07) is 5.58. The number of nitrogens with two attached hydrogens (primary N) is 1. The number of hydrogen-bond acceptors (Lipinski definition) is 3. The smallest absolute Gasteiger partial charge is 0.253 e.